The molecule has 0 N–H and O–H groups in total. The van der Waals surface area contributed by atoms with Gasteiger partial charge in [0.25, 0.3) is 5.56 Å². The van der Waals surface area contributed by atoms with Gasteiger partial charge in [-0.15, -0.1) is 0 Å². The lowest BCUT2D eigenvalue weighted by Gasteiger charge is -2.25. The van der Waals surface area contributed by atoms with E-state index in [4.69, 9.17) is 9.15 Å². The number of ether oxygens (including phenoxy) is 1. The molecule has 136 valence electrons. The van der Waals surface area contributed by atoms with Crippen molar-refractivity contribution in [1.82, 2.24) is 9.13 Å². The van der Waals surface area contributed by atoms with Crippen molar-refractivity contribution in [2.75, 3.05) is 6.61 Å². The molecule has 1 atom stereocenters. The van der Waals surface area contributed by atoms with E-state index >= 15 is 0 Å². The van der Waals surface area contributed by atoms with Crippen LogP contribution in [0.1, 0.15) is 43.7 Å². The number of benzene rings is 1. The number of furan rings is 1. The fourth-order valence-corrected chi connectivity index (χ4v) is 3.70. The summed E-state index contributed by atoms with van der Waals surface area (Å²) >= 11 is 0. The van der Waals surface area contributed by atoms with Gasteiger partial charge in [0.05, 0.1) is 0 Å². The van der Waals surface area contributed by atoms with Crippen LogP contribution in [0.4, 0.5) is 0 Å². The van der Waals surface area contributed by atoms with Gasteiger partial charge in [-0.1, -0.05) is 25.1 Å². The number of hydrogen-bond acceptors (Lipinski definition) is 4. The van der Waals surface area contributed by atoms with Crippen LogP contribution in [0.25, 0.3) is 16.9 Å². The average Bonchev–Trinajstić information content (AvgIpc) is 3.06. The van der Waals surface area contributed by atoms with Crippen LogP contribution in [-0.4, -0.2) is 15.7 Å². The zero-order valence-corrected chi connectivity index (χ0v) is 15.0. The van der Waals surface area contributed by atoms with Crippen LogP contribution < -0.4 is 11.2 Å². The third-order valence-corrected chi connectivity index (χ3v) is 5.08. The van der Waals surface area contributed by atoms with Crippen LogP contribution in [0.5, 0.6) is 0 Å². The maximum atomic E-state index is 13.2. The molecule has 0 amide bonds. The molecule has 2 aromatic heterocycles. The Morgan fingerprint density at radius 2 is 2.00 bits per heavy atom. The third kappa shape index (κ3) is 2.61. The van der Waals surface area contributed by atoms with Gasteiger partial charge in [0.2, 0.25) is 5.88 Å². The number of para-hydroxylation sites is 1. The second kappa shape index (κ2) is 6.61. The molecule has 0 aliphatic carbocycles. The minimum absolute atomic E-state index is 0.255. The second-order valence-electron chi connectivity index (χ2n) is 6.65. The summed E-state index contributed by atoms with van der Waals surface area (Å²) < 4.78 is 14.4. The lowest BCUT2D eigenvalue weighted by atomic mass is 10.1. The van der Waals surface area contributed by atoms with Crippen LogP contribution in [-0.2, 0) is 11.2 Å². The first-order chi connectivity index (χ1) is 12.6. The first-order valence-corrected chi connectivity index (χ1v) is 9.09. The van der Waals surface area contributed by atoms with Gasteiger partial charge in [0, 0.05) is 29.3 Å². The number of fused-ring (bicyclic) bond motifs is 1. The van der Waals surface area contributed by atoms with E-state index in [0.29, 0.717) is 42.2 Å². The van der Waals surface area contributed by atoms with E-state index < -0.39 is 11.9 Å². The van der Waals surface area contributed by atoms with Crippen molar-refractivity contribution in [3.05, 3.63) is 62.4 Å². The van der Waals surface area contributed by atoms with E-state index in [1.54, 1.807) is 6.92 Å². The van der Waals surface area contributed by atoms with Gasteiger partial charge in [-0.25, -0.2) is 13.9 Å². The summed E-state index contributed by atoms with van der Waals surface area (Å²) in [5.74, 6) is 0.424. The Hall–Kier alpha value is -2.60. The predicted molar refractivity (Wildman–Crippen MR) is 99.0 cm³/mol. The quantitative estimate of drug-likeness (QED) is 0.724. The highest BCUT2D eigenvalue weighted by Gasteiger charge is 2.25. The van der Waals surface area contributed by atoms with E-state index in [2.05, 4.69) is 0 Å². The van der Waals surface area contributed by atoms with Crippen molar-refractivity contribution in [2.24, 2.45) is 0 Å². The predicted octanol–water partition coefficient (Wildman–Crippen LogP) is 3.32. The van der Waals surface area contributed by atoms with Crippen molar-refractivity contribution >= 4 is 11.0 Å². The largest absolute Gasteiger partial charge is 0.440 e. The van der Waals surface area contributed by atoms with Gasteiger partial charge < -0.3 is 9.15 Å². The lowest BCUT2D eigenvalue weighted by Crippen LogP contribution is -2.45. The number of rotatable bonds is 3. The first-order valence-electron chi connectivity index (χ1n) is 9.09. The normalized spacial score (nSPS) is 17.7. The highest BCUT2D eigenvalue weighted by Crippen LogP contribution is 2.24. The third-order valence-electron chi connectivity index (χ3n) is 5.08. The molecule has 0 radical (unpaired) electrons. The van der Waals surface area contributed by atoms with Gasteiger partial charge in [-0.3, -0.25) is 4.79 Å². The highest BCUT2D eigenvalue weighted by molar-refractivity contribution is 5.79. The highest BCUT2D eigenvalue weighted by atomic mass is 16.5. The van der Waals surface area contributed by atoms with Crippen molar-refractivity contribution in [2.45, 2.75) is 45.8 Å². The van der Waals surface area contributed by atoms with E-state index in [1.165, 1.54) is 9.13 Å². The van der Waals surface area contributed by atoms with Gasteiger partial charge in [-0.2, -0.15) is 0 Å². The summed E-state index contributed by atoms with van der Waals surface area (Å²) in [6.07, 6.45) is 2.59. The molecule has 1 fully saturated rings. The fourth-order valence-electron chi connectivity index (χ4n) is 3.70. The number of nitrogens with zero attached hydrogens (tertiary/aromatic N) is 2. The van der Waals surface area contributed by atoms with E-state index in [-0.39, 0.29) is 5.56 Å². The van der Waals surface area contributed by atoms with E-state index in [1.807, 2.05) is 37.3 Å². The van der Waals surface area contributed by atoms with Crippen LogP contribution in [0.3, 0.4) is 0 Å². The Kier molecular flexibility index (Phi) is 4.28. The standard InChI is InChI=1S/C20H22N2O4/c1-3-15-13(2)21(18-12-14-8-4-5-9-16(14)26-18)20(24)22(19(15)23)17-10-6-7-11-25-17/h4-5,8-9,12,17H,3,6-7,10-11H2,1-2H3. The Morgan fingerprint density at radius 3 is 2.69 bits per heavy atom. The molecule has 3 heterocycles. The van der Waals surface area contributed by atoms with Crippen LogP contribution in [0.2, 0.25) is 0 Å². The van der Waals surface area contributed by atoms with Gasteiger partial charge >= 0.3 is 5.69 Å². The molecular formula is C20H22N2O4. The number of hydrogen-bond donors (Lipinski definition) is 0. The molecule has 1 unspecified atom stereocenters. The summed E-state index contributed by atoms with van der Waals surface area (Å²) in [5, 5.41) is 0.915. The smallest absolute Gasteiger partial charge is 0.340 e. The van der Waals surface area contributed by atoms with Crippen molar-refractivity contribution in [3.63, 3.8) is 0 Å². The summed E-state index contributed by atoms with van der Waals surface area (Å²) in [6.45, 7) is 4.28. The molecule has 6 nitrogen and oxygen atoms in total. The molecule has 1 saturated heterocycles. The molecule has 1 aliphatic heterocycles. The Labute approximate surface area is 150 Å². The van der Waals surface area contributed by atoms with Gasteiger partial charge in [0.15, 0.2) is 0 Å². The molecule has 4 rings (SSSR count). The molecule has 1 aromatic carbocycles. The Bertz CT molecular complexity index is 1030. The maximum Gasteiger partial charge on any atom is 0.340 e. The molecule has 0 bridgehead atoms. The molecule has 0 saturated carbocycles. The second-order valence-corrected chi connectivity index (χ2v) is 6.65. The molecule has 1 aliphatic rings. The van der Waals surface area contributed by atoms with Crippen molar-refractivity contribution < 1.29 is 9.15 Å². The maximum absolute atomic E-state index is 13.2. The van der Waals surface area contributed by atoms with Crippen LogP contribution in [0, 0.1) is 6.92 Å². The van der Waals surface area contributed by atoms with E-state index in [9.17, 15) is 9.59 Å². The average molecular weight is 354 g/mol. The van der Waals surface area contributed by atoms with Crippen LogP contribution in [0.15, 0.2) is 44.3 Å². The fraction of sp³-hybridized carbons (Fsp3) is 0.400. The lowest BCUT2D eigenvalue weighted by molar-refractivity contribution is -0.0374. The molecule has 0 spiro atoms. The summed E-state index contributed by atoms with van der Waals surface area (Å²) in [6, 6.07) is 9.44. The zero-order valence-electron chi connectivity index (χ0n) is 15.0. The number of aromatic nitrogens is 2. The SMILES string of the molecule is CCc1c(C)n(-c2cc3ccccc3o2)c(=O)n(C2CCCCO2)c1=O. The van der Waals surface area contributed by atoms with Crippen molar-refractivity contribution in [3.8, 4) is 5.88 Å². The monoisotopic (exact) mass is 354 g/mol. The molecule has 26 heavy (non-hydrogen) atoms. The minimum Gasteiger partial charge on any atom is -0.440 e. The van der Waals surface area contributed by atoms with E-state index in [0.717, 1.165) is 18.2 Å². The topological polar surface area (TPSA) is 66.4 Å². The van der Waals surface area contributed by atoms with Crippen molar-refractivity contribution in [1.29, 1.82) is 0 Å². The summed E-state index contributed by atoms with van der Waals surface area (Å²) in [4.78, 5) is 26.2. The Morgan fingerprint density at radius 1 is 1.19 bits per heavy atom. The minimum atomic E-state index is -0.509. The molecular weight excluding hydrogens is 332 g/mol. The zero-order chi connectivity index (χ0) is 18.3. The summed E-state index contributed by atoms with van der Waals surface area (Å²) in [5.41, 5.74) is 1.27. The Balaban J connectivity index is 1.99. The van der Waals surface area contributed by atoms with Crippen LogP contribution >= 0.6 is 0 Å². The van der Waals surface area contributed by atoms with Gasteiger partial charge in [-0.05, 0) is 38.7 Å². The van der Waals surface area contributed by atoms with Gasteiger partial charge in [0.1, 0.15) is 11.8 Å². The molecule has 6 heteroatoms. The molecule has 3 aromatic rings. The summed E-state index contributed by atoms with van der Waals surface area (Å²) in [7, 11) is 0. The first kappa shape index (κ1) is 16.8.